The number of carbonyl (C=O) groups excluding carboxylic acids is 2. The van der Waals surface area contributed by atoms with Gasteiger partial charge >= 0.3 is 0 Å². The van der Waals surface area contributed by atoms with Crippen molar-refractivity contribution >= 4 is 11.8 Å². The minimum atomic E-state index is -0.247. The molecule has 2 heterocycles. The van der Waals surface area contributed by atoms with E-state index < -0.39 is 0 Å². The SMILES string of the molecule is Cc1nn(C)c(C)c1CCC(=O)N1CCC(C(N)=O)CC1. The van der Waals surface area contributed by atoms with Crippen LogP contribution in [0.4, 0.5) is 0 Å². The number of hydrogen-bond acceptors (Lipinski definition) is 3. The molecule has 1 aliphatic heterocycles. The molecule has 1 aromatic heterocycles. The van der Waals surface area contributed by atoms with Gasteiger partial charge in [-0.1, -0.05) is 0 Å². The monoisotopic (exact) mass is 292 g/mol. The fourth-order valence-electron chi connectivity index (χ4n) is 2.98. The van der Waals surface area contributed by atoms with Gasteiger partial charge in [-0.15, -0.1) is 0 Å². The summed E-state index contributed by atoms with van der Waals surface area (Å²) in [6.07, 6.45) is 2.59. The van der Waals surface area contributed by atoms with E-state index in [2.05, 4.69) is 5.10 Å². The lowest BCUT2D eigenvalue weighted by Gasteiger charge is -2.30. The molecule has 1 aromatic rings. The first-order chi connectivity index (χ1) is 9.90. The minimum absolute atomic E-state index is 0.0723. The quantitative estimate of drug-likeness (QED) is 0.886. The summed E-state index contributed by atoms with van der Waals surface area (Å²) in [5.74, 6) is -0.166. The zero-order chi connectivity index (χ0) is 15.6. The van der Waals surface area contributed by atoms with Gasteiger partial charge in [-0.05, 0) is 38.7 Å². The molecule has 2 N–H and O–H groups in total. The first-order valence-corrected chi connectivity index (χ1v) is 7.46. The summed E-state index contributed by atoms with van der Waals surface area (Å²) < 4.78 is 1.85. The van der Waals surface area contributed by atoms with Crippen LogP contribution in [0.5, 0.6) is 0 Å². The van der Waals surface area contributed by atoms with Gasteiger partial charge in [0.1, 0.15) is 0 Å². The fourth-order valence-corrected chi connectivity index (χ4v) is 2.98. The Morgan fingerprint density at radius 2 is 1.90 bits per heavy atom. The molecule has 0 saturated carbocycles. The highest BCUT2D eigenvalue weighted by atomic mass is 16.2. The summed E-state index contributed by atoms with van der Waals surface area (Å²) in [7, 11) is 1.92. The molecule has 2 amide bonds. The van der Waals surface area contributed by atoms with Crippen LogP contribution in [-0.4, -0.2) is 39.6 Å². The molecule has 6 nitrogen and oxygen atoms in total. The normalized spacial score (nSPS) is 16.2. The molecule has 0 atom stereocenters. The van der Waals surface area contributed by atoms with Crippen molar-refractivity contribution in [2.75, 3.05) is 13.1 Å². The number of aromatic nitrogens is 2. The van der Waals surface area contributed by atoms with Crippen molar-refractivity contribution in [3.63, 3.8) is 0 Å². The number of amides is 2. The summed E-state index contributed by atoms with van der Waals surface area (Å²) in [6, 6.07) is 0. The van der Waals surface area contributed by atoms with Crippen molar-refractivity contribution in [1.29, 1.82) is 0 Å². The van der Waals surface area contributed by atoms with Crippen LogP contribution in [0.15, 0.2) is 0 Å². The van der Waals surface area contributed by atoms with E-state index >= 15 is 0 Å². The summed E-state index contributed by atoms with van der Waals surface area (Å²) >= 11 is 0. The van der Waals surface area contributed by atoms with Crippen LogP contribution in [0.2, 0.25) is 0 Å². The summed E-state index contributed by atoms with van der Waals surface area (Å²) in [5.41, 5.74) is 8.59. The Morgan fingerprint density at radius 1 is 1.29 bits per heavy atom. The largest absolute Gasteiger partial charge is 0.369 e. The van der Waals surface area contributed by atoms with Crippen molar-refractivity contribution in [1.82, 2.24) is 14.7 Å². The second-order valence-corrected chi connectivity index (χ2v) is 5.83. The van der Waals surface area contributed by atoms with E-state index in [0.717, 1.165) is 23.4 Å². The molecular weight excluding hydrogens is 268 g/mol. The van der Waals surface area contributed by atoms with Crippen LogP contribution < -0.4 is 5.73 Å². The maximum absolute atomic E-state index is 12.3. The Morgan fingerprint density at radius 3 is 2.38 bits per heavy atom. The molecule has 0 aromatic carbocycles. The van der Waals surface area contributed by atoms with Crippen LogP contribution in [0.1, 0.15) is 36.2 Å². The molecular formula is C15H24N4O2. The van der Waals surface area contributed by atoms with E-state index in [-0.39, 0.29) is 17.7 Å². The minimum Gasteiger partial charge on any atom is -0.369 e. The highest BCUT2D eigenvalue weighted by molar-refractivity contribution is 5.79. The third-order valence-corrected chi connectivity index (χ3v) is 4.50. The first-order valence-electron chi connectivity index (χ1n) is 7.46. The van der Waals surface area contributed by atoms with Crippen LogP contribution in [0, 0.1) is 19.8 Å². The van der Waals surface area contributed by atoms with Gasteiger partial charge in [0.15, 0.2) is 0 Å². The second-order valence-electron chi connectivity index (χ2n) is 5.83. The van der Waals surface area contributed by atoms with Gasteiger partial charge in [0.25, 0.3) is 0 Å². The number of aryl methyl sites for hydroxylation is 2. The maximum atomic E-state index is 12.3. The molecule has 1 saturated heterocycles. The Labute approximate surface area is 125 Å². The first kappa shape index (κ1) is 15.5. The van der Waals surface area contributed by atoms with Gasteiger partial charge in [-0.3, -0.25) is 14.3 Å². The zero-order valence-corrected chi connectivity index (χ0v) is 13.1. The van der Waals surface area contributed by atoms with Crippen molar-refractivity contribution in [2.45, 2.75) is 39.5 Å². The number of rotatable bonds is 4. The zero-order valence-electron chi connectivity index (χ0n) is 13.1. The average molecular weight is 292 g/mol. The van der Waals surface area contributed by atoms with Crippen molar-refractivity contribution in [2.24, 2.45) is 18.7 Å². The Kier molecular flexibility index (Phi) is 4.65. The van der Waals surface area contributed by atoms with Crippen LogP contribution in [0.25, 0.3) is 0 Å². The molecule has 1 fully saturated rings. The molecule has 116 valence electrons. The van der Waals surface area contributed by atoms with Gasteiger partial charge in [-0.2, -0.15) is 5.10 Å². The lowest BCUT2D eigenvalue weighted by atomic mass is 9.96. The van der Waals surface area contributed by atoms with Gasteiger partial charge in [0.2, 0.25) is 11.8 Å². The molecule has 0 aliphatic carbocycles. The molecule has 6 heteroatoms. The van der Waals surface area contributed by atoms with E-state index in [1.54, 1.807) is 0 Å². The highest BCUT2D eigenvalue weighted by Gasteiger charge is 2.25. The van der Waals surface area contributed by atoms with Crippen LogP contribution >= 0.6 is 0 Å². The number of carbonyl (C=O) groups is 2. The van der Waals surface area contributed by atoms with E-state index in [1.165, 1.54) is 0 Å². The van der Waals surface area contributed by atoms with Gasteiger partial charge in [-0.25, -0.2) is 0 Å². The third-order valence-electron chi connectivity index (χ3n) is 4.50. The standard InChI is InChI=1S/C15H24N4O2/c1-10-13(11(2)18(3)17-10)4-5-14(20)19-8-6-12(7-9-19)15(16)21/h12H,4-9H2,1-3H3,(H2,16,21). The van der Waals surface area contributed by atoms with E-state index in [4.69, 9.17) is 5.73 Å². The topological polar surface area (TPSA) is 81.2 Å². The van der Waals surface area contributed by atoms with Crippen molar-refractivity contribution < 1.29 is 9.59 Å². The van der Waals surface area contributed by atoms with Gasteiger partial charge in [0.05, 0.1) is 5.69 Å². The van der Waals surface area contributed by atoms with E-state index in [9.17, 15) is 9.59 Å². The number of nitrogens with two attached hydrogens (primary N) is 1. The lowest BCUT2D eigenvalue weighted by Crippen LogP contribution is -2.41. The summed E-state index contributed by atoms with van der Waals surface area (Å²) in [4.78, 5) is 25.2. The van der Waals surface area contributed by atoms with Gasteiger partial charge < -0.3 is 10.6 Å². The molecule has 2 rings (SSSR count). The van der Waals surface area contributed by atoms with E-state index in [0.29, 0.717) is 32.4 Å². The summed E-state index contributed by atoms with van der Waals surface area (Å²) in [6.45, 7) is 5.28. The second kappa shape index (κ2) is 6.28. The predicted octanol–water partition coefficient (Wildman–Crippen LogP) is 0.693. The number of hydrogen-bond donors (Lipinski definition) is 1. The Hall–Kier alpha value is -1.85. The summed E-state index contributed by atoms with van der Waals surface area (Å²) in [5, 5.41) is 4.37. The Balaban J connectivity index is 1.87. The molecule has 0 spiro atoms. The van der Waals surface area contributed by atoms with Crippen molar-refractivity contribution in [3.05, 3.63) is 17.0 Å². The molecule has 0 unspecified atom stereocenters. The predicted molar refractivity (Wildman–Crippen MR) is 79.5 cm³/mol. The molecule has 0 radical (unpaired) electrons. The fraction of sp³-hybridized carbons (Fsp3) is 0.667. The molecule has 21 heavy (non-hydrogen) atoms. The van der Waals surface area contributed by atoms with Gasteiger partial charge in [0, 0.05) is 38.2 Å². The number of primary amides is 1. The average Bonchev–Trinajstić information content (AvgIpc) is 2.70. The van der Waals surface area contributed by atoms with Crippen molar-refractivity contribution in [3.8, 4) is 0 Å². The molecule has 0 bridgehead atoms. The maximum Gasteiger partial charge on any atom is 0.222 e. The molecule has 1 aliphatic rings. The van der Waals surface area contributed by atoms with Crippen LogP contribution in [0.3, 0.4) is 0 Å². The van der Waals surface area contributed by atoms with Crippen LogP contribution in [-0.2, 0) is 23.1 Å². The van der Waals surface area contributed by atoms with E-state index in [1.807, 2.05) is 30.5 Å². The Bertz CT molecular complexity index is 542. The smallest absolute Gasteiger partial charge is 0.222 e. The third kappa shape index (κ3) is 3.43. The highest BCUT2D eigenvalue weighted by Crippen LogP contribution is 2.19. The number of piperidine rings is 1. The lowest BCUT2D eigenvalue weighted by molar-refractivity contribution is -0.134. The number of nitrogens with zero attached hydrogens (tertiary/aromatic N) is 3. The number of likely N-dealkylation sites (tertiary alicyclic amines) is 1.